The van der Waals surface area contributed by atoms with Crippen LogP contribution >= 0.6 is 0 Å². The van der Waals surface area contributed by atoms with Crippen LogP contribution in [0.4, 0.5) is 4.39 Å². The molecule has 0 saturated carbocycles. The van der Waals surface area contributed by atoms with Gasteiger partial charge in [0.2, 0.25) is 5.82 Å². The summed E-state index contributed by atoms with van der Waals surface area (Å²) in [5, 5.41) is 20.0. The molecular formula is C12H11FN4O2. The van der Waals surface area contributed by atoms with Gasteiger partial charge in [0, 0.05) is 6.07 Å². The number of aliphatic hydroxyl groups is 1. The molecular weight excluding hydrogens is 251 g/mol. The highest BCUT2D eigenvalue weighted by molar-refractivity contribution is 5.46. The second-order valence-corrected chi connectivity index (χ2v) is 3.58. The van der Waals surface area contributed by atoms with E-state index in [0.29, 0.717) is 11.4 Å². The lowest BCUT2D eigenvalue weighted by Crippen LogP contribution is -2.01. The highest BCUT2D eigenvalue weighted by Crippen LogP contribution is 2.19. The number of benzene rings is 1. The molecule has 0 saturated heterocycles. The number of rotatable bonds is 3. The number of aromatic nitrogens is 4. The van der Waals surface area contributed by atoms with Crippen molar-refractivity contribution >= 4 is 0 Å². The van der Waals surface area contributed by atoms with Crippen molar-refractivity contribution in [1.82, 2.24) is 20.2 Å². The Labute approximate surface area is 108 Å². The Bertz CT molecular complexity index is 630. The van der Waals surface area contributed by atoms with Crippen molar-refractivity contribution in [1.29, 1.82) is 0 Å². The second-order valence-electron chi connectivity index (χ2n) is 3.58. The van der Waals surface area contributed by atoms with Gasteiger partial charge in [-0.25, -0.2) is 4.39 Å². The fraction of sp³-hybridized carbons (Fsp3) is 0.250. The van der Waals surface area contributed by atoms with Crippen LogP contribution < -0.4 is 4.74 Å². The average molecular weight is 262 g/mol. The maximum Gasteiger partial charge on any atom is 0.212 e. The summed E-state index contributed by atoms with van der Waals surface area (Å²) in [4.78, 5) is 1.30. The van der Waals surface area contributed by atoms with Crippen LogP contribution in [0.5, 0.6) is 5.75 Å². The Morgan fingerprint density at radius 1 is 1.47 bits per heavy atom. The highest BCUT2D eigenvalue weighted by atomic mass is 19.1. The van der Waals surface area contributed by atoms with E-state index in [9.17, 15) is 4.39 Å². The van der Waals surface area contributed by atoms with Gasteiger partial charge in [-0.15, -0.1) is 10.2 Å². The summed E-state index contributed by atoms with van der Waals surface area (Å²) in [6.45, 7) is -0.215. The van der Waals surface area contributed by atoms with Gasteiger partial charge in [-0.2, -0.15) is 4.80 Å². The Kier molecular flexibility index (Phi) is 4.05. The number of aryl methyl sites for hydroxylation is 1. The maximum atomic E-state index is 13.2. The molecule has 19 heavy (non-hydrogen) atoms. The lowest BCUT2D eigenvalue weighted by molar-refractivity contribution is 0.293. The van der Waals surface area contributed by atoms with Gasteiger partial charge in [-0.05, 0) is 17.3 Å². The SMILES string of the molecule is Cn1nnc(COc2cc(F)ccc2C#CCO)n1. The van der Waals surface area contributed by atoms with E-state index in [1.165, 1.54) is 23.0 Å². The zero-order valence-electron chi connectivity index (χ0n) is 10.2. The smallest absolute Gasteiger partial charge is 0.212 e. The molecule has 6 nitrogen and oxygen atoms in total. The van der Waals surface area contributed by atoms with Gasteiger partial charge in [0.25, 0.3) is 0 Å². The molecule has 1 aromatic heterocycles. The second kappa shape index (κ2) is 5.93. The molecule has 98 valence electrons. The van der Waals surface area contributed by atoms with E-state index in [4.69, 9.17) is 9.84 Å². The minimum Gasteiger partial charge on any atom is -0.484 e. The lowest BCUT2D eigenvalue weighted by atomic mass is 10.2. The van der Waals surface area contributed by atoms with Crippen LogP contribution in [0.3, 0.4) is 0 Å². The molecule has 1 N–H and O–H groups in total. The molecule has 7 heteroatoms. The van der Waals surface area contributed by atoms with Gasteiger partial charge < -0.3 is 9.84 Å². The number of hydrogen-bond acceptors (Lipinski definition) is 5. The van der Waals surface area contributed by atoms with E-state index in [-0.39, 0.29) is 19.0 Å². The molecule has 1 aromatic carbocycles. The fourth-order valence-corrected chi connectivity index (χ4v) is 1.38. The van der Waals surface area contributed by atoms with Crippen molar-refractivity contribution in [3.63, 3.8) is 0 Å². The number of hydrogen-bond donors (Lipinski definition) is 1. The van der Waals surface area contributed by atoms with Gasteiger partial charge >= 0.3 is 0 Å². The number of nitrogens with zero attached hydrogens (tertiary/aromatic N) is 4. The number of aliphatic hydroxyl groups excluding tert-OH is 1. The van der Waals surface area contributed by atoms with E-state index < -0.39 is 5.82 Å². The minimum absolute atomic E-state index is 0.0606. The Hall–Kier alpha value is -2.46. The van der Waals surface area contributed by atoms with E-state index in [2.05, 4.69) is 27.3 Å². The summed E-state index contributed by atoms with van der Waals surface area (Å²) in [6.07, 6.45) is 0. The molecule has 0 spiro atoms. The summed E-state index contributed by atoms with van der Waals surface area (Å²) < 4.78 is 18.6. The zero-order valence-corrected chi connectivity index (χ0v) is 10.2. The summed E-state index contributed by atoms with van der Waals surface area (Å²) in [5.41, 5.74) is 0.486. The summed E-state index contributed by atoms with van der Waals surface area (Å²) in [7, 11) is 1.64. The first kappa shape index (κ1) is 13.0. The topological polar surface area (TPSA) is 73.1 Å². The highest BCUT2D eigenvalue weighted by Gasteiger charge is 2.06. The normalized spacial score (nSPS) is 9.84. The molecule has 0 radical (unpaired) electrons. The van der Waals surface area contributed by atoms with Crippen LogP contribution in [0.15, 0.2) is 18.2 Å². The van der Waals surface area contributed by atoms with Crippen LogP contribution in [0.25, 0.3) is 0 Å². The van der Waals surface area contributed by atoms with Crippen molar-refractivity contribution in [2.24, 2.45) is 7.05 Å². The van der Waals surface area contributed by atoms with Gasteiger partial charge in [-0.3, -0.25) is 0 Å². The first-order valence-corrected chi connectivity index (χ1v) is 5.44. The molecule has 0 aliphatic heterocycles. The first-order valence-electron chi connectivity index (χ1n) is 5.44. The van der Waals surface area contributed by atoms with Crippen molar-refractivity contribution < 1.29 is 14.2 Å². The standard InChI is InChI=1S/C12H11FN4O2/c1-17-15-12(14-16-17)8-19-11-7-10(13)5-4-9(11)3-2-6-18/h4-5,7,18H,6,8H2,1H3. The Balaban J connectivity index is 2.16. The van der Waals surface area contributed by atoms with Crippen LogP contribution in [0.2, 0.25) is 0 Å². The molecule has 0 aliphatic carbocycles. The van der Waals surface area contributed by atoms with Gasteiger partial charge in [0.1, 0.15) is 18.2 Å². The predicted molar refractivity (Wildman–Crippen MR) is 63.5 cm³/mol. The van der Waals surface area contributed by atoms with E-state index in [1.54, 1.807) is 7.05 Å². The molecule has 0 aliphatic rings. The lowest BCUT2D eigenvalue weighted by Gasteiger charge is -2.06. The summed E-state index contributed by atoms with van der Waals surface area (Å²) in [6, 6.07) is 3.98. The largest absolute Gasteiger partial charge is 0.484 e. The monoisotopic (exact) mass is 262 g/mol. The number of tetrazole rings is 1. The fourth-order valence-electron chi connectivity index (χ4n) is 1.38. The summed E-state index contributed by atoms with van der Waals surface area (Å²) >= 11 is 0. The van der Waals surface area contributed by atoms with Crippen LogP contribution in [-0.2, 0) is 13.7 Å². The average Bonchev–Trinajstić information content (AvgIpc) is 2.81. The molecule has 0 fully saturated rings. The molecule has 0 amide bonds. The third-order valence-electron chi connectivity index (χ3n) is 2.15. The van der Waals surface area contributed by atoms with Crippen molar-refractivity contribution in [2.75, 3.05) is 6.61 Å². The van der Waals surface area contributed by atoms with E-state index in [1.807, 2.05) is 0 Å². The van der Waals surface area contributed by atoms with E-state index in [0.717, 1.165) is 0 Å². The zero-order chi connectivity index (χ0) is 13.7. The molecule has 0 bridgehead atoms. The first-order chi connectivity index (χ1) is 9.19. The van der Waals surface area contributed by atoms with Crippen LogP contribution in [-0.4, -0.2) is 31.9 Å². The van der Waals surface area contributed by atoms with Gasteiger partial charge in [0.05, 0.1) is 12.6 Å². The van der Waals surface area contributed by atoms with Crippen molar-refractivity contribution in [2.45, 2.75) is 6.61 Å². The molecule has 2 rings (SSSR count). The minimum atomic E-state index is -0.434. The van der Waals surface area contributed by atoms with Crippen LogP contribution in [0, 0.1) is 17.7 Å². The van der Waals surface area contributed by atoms with E-state index >= 15 is 0 Å². The predicted octanol–water partition coefficient (Wildman–Crippen LogP) is 0.272. The molecule has 2 aromatic rings. The third-order valence-corrected chi connectivity index (χ3v) is 2.15. The number of ether oxygens (including phenoxy) is 1. The Morgan fingerprint density at radius 2 is 2.32 bits per heavy atom. The van der Waals surface area contributed by atoms with Crippen molar-refractivity contribution in [3.8, 4) is 17.6 Å². The van der Waals surface area contributed by atoms with Gasteiger partial charge in [0.15, 0.2) is 6.61 Å². The molecule has 0 unspecified atom stereocenters. The van der Waals surface area contributed by atoms with Crippen LogP contribution in [0.1, 0.15) is 11.4 Å². The number of halogens is 1. The summed E-state index contributed by atoms with van der Waals surface area (Å²) in [5.74, 6) is 5.38. The molecule has 1 heterocycles. The quantitative estimate of drug-likeness (QED) is 0.804. The van der Waals surface area contributed by atoms with Gasteiger partial charge in [-0.1, -0.05) is 11.8 Å². The Morgan fingerprint density at radius 3 is 3.00 bits per heavy atom. The third kappa shape index (κ3) is 3.50. The van der Waals surface area contributed by atoms with Crippen molar-refractivity contribution in [3.05, 3.63) is 35.4 Å². The molecule has 0 atom stereocenters. The maximum absolute atomic E-state index is 13.2.